The second kappa shape index (κ2) is 13.1. The van der Waals surface area contributed by atoms with E-state index in [1.54, 1.807) is 0 Å². The highest BCUT2D eigenvalue weighted by atomic mass is 29.3. The predicted molar refractivity (Wildman–Crippen MR) is 189 cm³/mol. The van der Waals surface area contributed by atoms with Crippen molar-refractivity contribution in [2.45, 2.75) is 123 Å². The summed E-state index contributed by atoms with van der Waals surface area (Å²) in [5.74, 6) is 3.10. The third kappa shape index (κ3) is 8.20. The summed E-state index contributed by atoms with van der Waals surface area (Å²) >= 11 is 0. The van der Waals surface area contributed by atoms with E-state index in [1.165, 1.54) is 19.3 Å². The number of hydrogen-bond donors (Lipinski definition) is 0. The molecule has 12 heteroatoms. The standard InChI is InChI=1S/C30H64O6Si6/c1-13-30(23-32-24-30)22-31-18-15-19-41(11,35-40(9,10)39(6,7)8)36-42(12,34-37(2)33-38(3,4)5)29-21-25-20-28(29)27-17-14-16-26(25)27/h14,17,25-29,37H,13,15-16,18-24H2,1-12H3. The minimum atomic E-state index is -2.65. The molecule has 4 aliphatic rings. The fourth-order valence-electron chi connectivity index (χ4n) is 8.00. The Morgan fingerprint density at radius 2 is 1.60 bits per heavy atom. The van der Waals surface area contributed by atoms with Crippen LogP contribution in [0.5, 0.6) is 0 Å². The fourth-order valence-corrected chi connectivity index (χ4v) is 34.9. The lowest BCUT2D eigenvalue weighted by Gasteiger charge is -2.49. The van der Waals surface area contributed by atoms with Crippen LogP contribution in [0.3, 0.4) is 0 Å². The quantitative estimate of drug-likeness (QED) is 0.0879. The molecule has 0 amide bonds. The van der Waals surface area contributed by atoms with Gasteiger partial charge in [0.15, 0.2) is 16.2 Å². The van der Waals surface area contributed by atoms with Gasteiger partial charge in [0.05, 0.1) is 27.4 Å². The van der Waals surface area contributed by atoms with Crippen LogP contribution in [-0.4, -0.2) is 76.6 Å². The first kappa shape index (κ1) is 35.7. The van der Waals surface area contributed by atoms with Gasteiger partial charge in [-0.1, -0.05) is 38.7 Å². The van der Waals surface area contributed by atoms with Gasteiger partial charge in [0.2, 0.25) is 0 Å². The summed E-state index contributed by atoms with van der Waals surface area (Å²) in [6.07, 6.45) is 11.0. The van der Waals surface area contributed by atoms with Gasteiger partial charge >= 0.3 is 17.1 Å². The maximum absolute atomic E-state index is 7.69. The zero-order valence-corrected chi connectivity index (χ0v) is 35.3. The van der Waals surface area contributed by atoms with E-state index in [0.717, 1.165) is 63.1 Å². The molecule has 1 heterocycles. The highest BCUT2D eigenvalue weighted by molar-refractivity contribution is 7.38. The average Bonchev–Trinajstić information content (AvgIpc) is 3.52. The molecule has 8 atom stereocenters. The number of hydrogen-bond acceptors (Lipinski definition) is 6. The van der Waals surface area contributed by atoms with E-state index in [2.05, 4.69) is 91.1 Å². The zero-order chi connectivity index (χ0) is 31.2. The summed E-state index contributed by atoms with van der Waals surface area (Å²) in [6, 6.07) is 0.965. The molecule has 2 saturated carbocycles. The van der Waals surface area contributed by atoms with E-state index in [0.29, 0.717) is 11.5 Å². The first-order chi connectivity index (χ1) is 19.3. The molecular weight excluding hydrogens is 625 g/mol. The summed E-state index contributed by atoms with van der Waals surface area (Å²) in [5.41, 5.74) is 0.753. The van der Waals surface area contributed by atoms with Gasteiger partial charge in [0.1, 0.15) is 0 Å². The Hall–Kier alpha value is 0.801. The van der Waals surface area contributed by atoms with Crippen LogP contribution in [-0.2, 0) is 25.9 Å². The Morgan fingerprint density at radius 3 is 2.17 bits per heavy atom. The van der Waals surface area contributed by atoms with Crippen LogP contribution >= 0.6 is 0 Å². The Labute approximate surface area is 265 Å². The molecule has 0 aromatic carbocycles. The molecule has 0 radical (unpaired) electrons. The monoisotopic (exact) mass is 688 g/mol. The van der Waals surface area contributed by atoms with Crippen molar-refractivity contribution < 1.29 is 25.9 Å². The SMILES string of the molecule is CCC1(COCCC[Si](C)(O[Si](C)(O[SiH](C)O[Si](C)(C)C)C2CC3CC2C2C=CCC32)O[Si](C)(C)[Si](C)(C)C)COC1. The van der Waals surface area contributed by atoms with Crippen molar-refractivity contribution in [3.8, 4) is 0 Å². The average molecular weight is 689 g/mol. The molecule has 244 valence electrons. The van der Waals surface area contributed by atoms with E-state index in [-0.39, 0.29) is 5.41 Å². The van der Waals surface area contributed by atoms with Crippen molar-refractivity contribution in [3.05, 3.63) is 12.2 Å². The minimum Gasteiger partial charge on any atom is -0.439 e. The van der Waals surface area contributed by atoms with Crippen LogP contribution in [0.2, 0.25) is 83.6 Å². The lowest BCUT2D eigenvalue weighted by molar-refractivity contribution is -0.150. The van der Waals surface area contributed by atoms with Crippen LogP contribution in [0.15, 0.2) is 12.2 Å². The van der Waals surface area contributed by atoms with E-state index in [4.69, 9.17) is 25.9 Å². The number of ether oxygens (including phenoxy) is 2. The summed E-state index contributed by atoms with van der Waals surface area (Å²) in [4.78, 5) is 0. The van der Waals surface area contributed by atoms with Gasteiger partial charge in [-0.3, -0.25) is 0 Å². The van der Waals surface area contributed by atoms with Gasteiger partial charge in [-0.2, -0.15) is 0 Å². The van der Waals surface area contributed by atoms with E-state index >= 15 is 0 Å². The van der Waals surface area contributed by atoms with Gasteiger partial charge in [0.25, 0.3) is 9.28 Å². The largest absolute Gasteiger partial charge is 0.439 e. The van der Waals surface area contributed by atoms with Crippen molar-refractivity contribution in [3.63, 3.8) is 0 Å². The van der Waals surface area contributed by atoms with Crippen LogP contribution in [0, 0.1) is 29.1 Å². The first-order valence-corrected chi connectivity index (χ1v) is 34.7. The molecule has 6 nitrogen and oxygen atoms in total. The Bertz CT molecular complexity index is 944. The molecule has 0 N–H and O–H groups in total. The molecule has 0 aromatic heterocycles. The molecule has 42 heavy (non-hydrogen) atoms. The molecule has 8 unspecified atom stereocenters. The molecule has 4 rings (SSSR count). The lowest BCUT2D eigenvalue weighted by atomic mass is 9.81. The smallest absolute Gasteiger partial charge is 0.320 e. The Kier molecular flexibility index (Phi) is 11.1. The summed E-state index contributed by atoms with van der Waals surface area (Å²) < 4.78 is 40.9. The van der Waals surface area contributed by atoms with Crippen LogP contribution in [0.25, 0.3) is 0 Å². The van der Waals surface area contributed by atoms with E-state index in [9.17, 15) is 0 Å². The number of fused-ring (bicyclic) bond motifs is 5. The van der Waals surface area contributed by atoms with Gasteiger partial charge in [0, 0.05) is 17.6 Å². The molecule has 2 bridgehead atoms. The third-order valence-electron chi connectivity index (χ3n) is 11.2. The summed E-state index contributed by atoms with van der Waals surface area (Å²) in [7, 11) is -12.2. The number of allylic oxidation sites excluding steroid dienone is 2. The highest BCUT2D eigenvalue weighted by Crippen LogP contribution is 2.64. The fraction of sp³-hybridized carbons (Fsp3) is 0.933. The van der Waals surface area contributed by atoms with Crippen molar-refractivity contribution in [2.75, 3.05) is 26.4 Å². The molecular formula is C30H64O6Si6. The van der Waals surface area contributed by atoms with Crippen molar-refractivity contribution >= 4 is 50.1 Å². The van der Waals surface area contributed by atoms with Gasteiger partial charge < -0.3 is 25.9 Å². The highest BCUT2D eigenvalue weighted by Gasteiger charge is 2.62. The normalized spacial score (nSPS) is 32.3. The zero-order valence-electron chi connectivity index (χ0n) is 29.1. The molecule has 0 aromatic rings. The minimum absolute atomic E-state index is 0.227. The predicted octanol–water partition coefficient (Wildman–Crippen LogP) is 7.94. The molecule has 1 aliphatic heterocycles. The lowest BCUT2D eigenvalue weighted by Crippen LogP contribution is -2.65. The van der Waals surface area contributed by atoms with Gasteiger partial charge in [-0.25, -0.2) is 0 Å². The molecule has 3 aliphatic carbocycles. The number of rotatable bonds is 17. The van der Waals surface area contributed by atoms with Crippen LogP contribution in [0.1, 0.15) is 39.0 Å². The van der Waals surface area contributed by atoms with Crippen LogP contribution in [0.4, 0.5) is 0 Å². The van der Waals surface area contributed by atoms with Gasteiger partial charge in [-0.15, -0.1) is 0 Å². The second-order valence-electron chi connectivity index (χ2n) is 16.9. The summed E-state index contributed by atoms with van der Waals surface area (Å²) in [6.45, 7) is 31.7. The van der Waals surface area contributed by atoms with E-state index < -0.39 is 50.1 Å². The Morgan fingerprint density at radius 1 is 0.905 bits per heavy atom. The molecule has 3 fully saturated rings. The Balaban J connectivity index is 1.55. The van der Waals surface area contributed by atoms with Crippen molar-refractivity contribution in [1.82, 2.24) is 0 Å². The van der Waals surface area contributed by atoms with Gasteiger partial charge in [-0.05, 0) is 114 Å². The third-order valence-corrected chi connectivity index (χ3v) is 44.3. The summed E-state index contributed by atoms with van der Waals surface area (Å²) in [5, 5.41) is 0. The van der Waals surface area contributed by atoms with Crippen LogP contribution < -0.4 is 0 Å². The maximum atomic E-state index is 7.69. The second-order valence-corrected chi connectivity index (χ2v) is 47.0. The maximum Gasteiger partial charge on any atom is 0.320 e. The first-order valence-electron chi connectivity index (χ1n) is 16.9. The topological polar surface area (TPSA) is 55.4 Å². The molecule has 1 saturated heterocycles. The van der Waals surface area contributed by atoms with Crippen molar-refractivity contribution in [2.24, 2.45) is 29.1 Å². The van der Waals surface area contributed by atoms with Crippen molar-refractivity contribution in [1.29, 1.82) is 0 Å². The van der Waals surface area contributed by atoms with E-state index in [1.807, 2.05) is 0 Å². The molecule has 0 spiro atoms.